The number of hydrogen-bond donors (Lipinski definition) is 0. The Kier molecular flexibility index (Phi) is 18.2. The van der Waals surface area contributed by atoms with Crippen LogP contribution in [0.2, 0.25) is 30.1 Å². The zero-order valence-corrected chi connectivity index (χ0v) is 30.8. The molecule has 2 aromatic carbocycles. The van der Waals surface area contributed by atoms with Gasteiger partial charge in [-0.25, -0.2) is 19.6 Å². The molecule has 4 aromatic rings. The van der Waals surface area contributed by atoms with E-state index in [-0.39, 0.29) is 42.3 Å². The number of amides is 2. The third-order valence-electron chi connectivity index (χ3n) is 6.12. The van der Waals surface area contributed by atoms with Crippen LogP contribution in [0.25, 0.3) is 0 Å². The Morgan fingerprint density at radius 2 is 0.979 bits per heavy atom. The number of rotatable bonds is 12. The molecule has 0 aliphatic rings. The molecular weight excluding hydrogens is 785 g/mol. The van der Waals surface area contributed by atoms with Crippen LogP contribution in [-0.4, -0.2) is 80.4 Å². The normalized spacial score (nSPS) is 10.4. The maximum Gasteiger partial charge on any atom is 2.00 e. The Bertz CT molecular complexity index is 1400. The van der Waals surface area contributed by atoms with Gasteiger partial charge in [-0.3, -0.25) is 9.13 Å². The van der Waals surface area contributed by atoms with Crippen LogP contribution in [0, 0.1) is 0 Å². The maximum atomic E-state index is 12.3. The Labute approximate surface area is 314 Å². The summed E-state index contributed by atoms with van der Waals surface area (Å²) in [7, 11) is 0. The Hall–Kier alpha value is -2.34. The molecule has 0 unspecified atom stereocenters. The van der Waals surface area contributed by atoms with Gasteiger partial charge in [-0.1, -0.05) is 83.5 Å². The number of carbonyl (C=O) groups excluding carboxylic acids is 2. The number of imidazole rings is 2. The Morgan fingerprint density at radius 1 is 0.638 bits per heavy atom. The number of aromatic nitrogens is 4. The second-order valence-electron chi connectivity index (χ2n) is 9.57. The Balaban J connectivity index is 0.000000320. The van der Waals surface area contributed by atoms with Crippen molar-refractivity contribution in [3.05, 3.63) is 91.8 Å². The van der Waals surface area contributed by atoms with Crippen LogP contribution in [-0.2, 0) is 17.1 Å². The van der Waals surface area contributed by atoms with Crippen molar-refractivity contribution in [2.45, 2.75) is 26.7 Å². The zero-order chi connectivity index (χ0) is 33.6. The van der Waals surface area contributed by atoms with Gasteiger partial charge in [-0.15, -0.1) is 0 Å². The van der Waals surface area contributed by atoms with E-state index in [1.165, 1.54) is 21.8 Å². The summed E-state index contributed by atoms with van der Waals surface area (Å²) in [4.78, 5) is 35.8. The second-order valence-corrected chi connectivity index (χ2v) is 12.1. The molecule has 0 saturated carbocycles. The van der Waals surface area contributed by atoms with Crippen LogP contribution < -0.4 is 9.47 Å². The van der Waals surface area contributed by atoms with Crippen LogP contribution in [0.1, 0.15) is 26.7 Å². The van der Waals surface area contributed by atoms with Gasteiger partial charge in [0, 0.05) is 47.9 Å². The van der Waals surface area contributed by atoms with Gasteiger partial charge in [-0.05, 0) is 37.1 Å². The number of nitrogens with zero attached hydrogens (tertiary/aromatic N) is 6. The summed E-state index contributed by atoms with van der Waals surface area (Å²) in [6, 6.07) is 5.94. The minimum absolute atomic E-state index is 0. The van der Waals surface area contributed by atoms with Gasteiger partial charge in [0.2, 0.25) is 0 Å². The molecule has 0 aliphatic carbocycles. The average molecular weight is 817 g/mol. The fourth-order valence-corrected chi connectivity index (χ4v) is 5.92. The summed E-state index contributed by atoms with van der Waals surface area (Å²) >= 11 is 36.0. The van der Waals surface area contributed by atoms with Crippen molar-refractivity contribution >= 4 is 81.7 Å². The molecule has 2 aromatic heterocycles. The molecule has 1 radical (unpaired) electrons. The van der Waals surface area contributed by atoms with E-state index in [2.05, 4.69) is 9.97 Å². The van der Waals surface area contributed by atoms with E-state index in [1.807, 2.05) is 13.8 Å². The molecule has 47 heavy (non-hydrogen) atoms. The van der Waals surface area contributed by atoms with E-state index in [4.69, 9.17) is 79.1 Å². The third kappa shape index (κ3) is 12.6. The second kappa shape index (κ2) is 20.9. The molecule has 10 nitrogen and oxygen atoms in total. The maximum absolute atomic E-state index is 12.3. The number of carbonyl (C=O) groups is 2. The summed E-state index contributed by atoms with van der Waals surface area (Å²) in [5.41, 5.74) is 0. The average Bonchev–Trinajstić information content (AvgIpc) is 3.74. The summed E-state index contributed by atoms with van der Waals surface area (Å²) in [6.45, 7) is 6.57. The molecular formula is C30H32Cl6CuN6O4+2. The first-order chi connectivity index (χ1) is 22.0. The van der Waals surface area contributed by atoms with Crippen LogP contribution in [0.15, 0.2) is 61.7 Å². The van der Waals surface area contributed by atoms with Gasteiger partial charge < -0.3 is 19.3 Å². The van der Waals surface area contributed by atoms with Crippen molar-refractivity contribution in [2.24, 2.45) is 0 Å². The van der Waals surface area contributed by atoms with Gasteiger partial charge in [0.05, 0.1) is 33.2 Å². The van der Waals surface area contributed by atoms with E-state index in [0.29, 0.717) is 67.8 Å². The van der Waals surface area contributed by atoms with Gasteiger partial charge >= 0.3 is 29.1 Å². The summed E-state index contributed by atoms with van der Waals surface area (Å²) in [5.74, 6) is 0.730. The van der Waals surface area contributed by atoms with E-state index in [9.17, 15) is 9.59 Å². The van der Waals surface area contributed by atoms with Gasteiger partial charge in [0.25, 0.3) is 0 Å². The van der Waals surface area contributed by atoms with Crippen molar-refractivity contribution in [1.82, 2.24) is 28.9 Å². The first-order valence-corrected chi connectivity index (χ1v) is 16.4. The van der Waals surface area contributed by atoms with Crippen molar-refractivity contribution in [3.8, 4) is 11.5 Å². The predicted molar refractivity (Wildman–Crippen MR) is 184 cm³/mol. The number of benzene rings is 2. The number of ether oxygens (including phenoxy) is 2. The molecule has 0 atom stereocenters. The van der Waals surface area contributed by atoms with E-state index >= 15 is 0 Å². The van der Waals surface area contributed by atoms with Crippen LogP contribution in [0.4, 0.5) is 9.59 Å². The third-order valence-corrected chi connectivity index (χ3v) is 7.68. The quantitative estimate of drug-likeness (QED) is 0.133. The fourth-order valence-electron chi connectivity index (χ4n) is 4.07. The predicted octanol–water partition coefficient (Wildman–Crippen LogP) is 9.20. The minimum Gasteiger partial charge on any atom is -0.489 e. The molecule has 4 rings (SSSR count). The molecule has 0 bridgehead atoms. The minimum atomic E-state index is -0.152. The van der Waals surface area contributed by atoms with Crippen LogP contribution in [0.3, 0.4) is 0 Å². The van der Waals surface area contributed by atoms with Crippen molar-refractivity contribution in [1.29, 1.82) is 0 Å². The van der Waals surface area contributed by atoms with Crippen molar-refractivity contribution in [2.75, 3.05) is 39.4 Å². The molecule has 257 valence electrons. The van der Waals surface area contributed by atoms with Crippen LogP contribution in [0.5, 0.6) is 11.5 Å². The van der Waals surface area contributed by atoms with E-state index in [0.717, 1.165) is 12.8 Å². The first kappa shape index (κ1) is 40.8. The standard InChI is InChI=1S/2C15H16Cl3N3O2.Cu/c2*1-2-4-20(15(22)21-5-3-19-10-21)6-7-23-14-12(17)8-11(16)9-13(14)18;/h2*3,5,8-10H,2,4,6-7H2,1H3;/q;;+2. The number of halogens is 6. The smallest absolute Gasteiger partial charge is 0.489 e. The van der Waals surface area contributed by atoms with Crippen molar-refractivity contribution < 1.29 is 36.1 Å². The fraction of sp³-hybridized carbons (Fsp3) is 0.333. The van der Waals surface area contributed by atoms with Gasteiger partial charge in [-0.2, -0.15) is 0 Å². The van der Waals surface area contributed by atoms with Crippen LogP contribution >= 0.6 is 69.6 Å². The van der Waals surface area contributed by atoms with E-state index < -0.39 is 0 Å². The summed E-state index contributed by atoms with van der Waals surface area (Å²) in [5, 5.41) is 2.23. The topological polar surface area (TPSA) is 94.7 Å². The van der Waals surface area contributed by atoms with E-state index in [1.54, 1.807) is 58.9 Å². The molecule has 0 saturated heterocycles. The van der Waals surface area contributed by atoms with Gasteiger partial charge in [0.1, 0.15) is 25.9 Å². The molecule has 0 spiro atoms. The summed E-state index contributed by atoms with van der Waals surface area (Å²) < 4.78 is 14.1. The number of hydrogen-bond acceptors (Lipinski definition) is 6. The molecule has 2 heterocycles. The SMILES string of the molecule is CCCN(CCOc1c(Cl)cc(Cl)cc1Cl)C(=O)n1ccnc1.CCCN(CCOc1c(Cl)cc(Cl)cc1Cl)C(=O)n1ccnc1.[Cu+2]. The first-order valence-electron chi connectivity index (χ1n) is 14.1. The largest absolute Gasteiger partial charge is 2.00 e. The molecule has 17 heteroatoms. The Morgan fingerprint density at radius 3 is 1.26 bits per heavy atom. The molecule has 0 N–H and O–H groups in total. The zero-order valence-electron chi connectivity index (χ0n) is 25.3. The summed E-state index contributed by atoms with van der Waals surface area (Å²) in [6.07, 6.45) is 11.0. The molecule has 2 amide bonds. The van der Waals surface area contributed by atoms with Crippen molar-refractivity contribution in [3.63, 3.8) is 0 Å². The molecule has 0 fully saturated rings. The van der Waals surface area contributed by atoms with Gasteiger partial charge in [0.15, 0.2) is 11.5 Å². The monoisotopic (exact) mass is 813 g/mol. The molecule has 0 aliphatic heterocycles.